The number of halogens is 1. The largest absolute Gasteiger partial charge is 0.412 e. The summed E-state index contributed by atoms with van der Waals surface area (Å²) < 4.78 is 32.7. The molecule has 0 saturated carbocycles. The topological polar surface area (TPSA) is 121 Å². The van der Waals surface area contributed by atoms with Crippen LogP contribution in [0.15, 0.2) is 0 Å². The molecule has 0 fully saturated rings. The minimum absolute atomic E-state index is 0. The third kappa shape index (κ3) is 172. The van der Waals surface area contributed by atoms with Gasteiger partial charge in [0.15, 0.2) is 0 Å². The van der Waals surface area contributed by atoms with Gasteiger partial charge in [-0.1, -0.05) is 0 Å². The van der Waals surface area contributed by atoms with Crippen molar-refractivity contribution in [3.8, 4) is 0 Å². The van der Waals surface area contributed by atoms with Crippen LogP contribution in [-0.2, 0) is 27.3 Å². The van der Waals surface area contributed by atoms with Crippen molar-refractivity contribution in [1.29, 1.82) is 0 Å². The maximum absolute atomic E-state index is 8.60. The molecule has 0 aliphatic rings. The van der Waals surface area contributed by atoms with E-state index < -0.39 is 10.2 Å². The number of rotatable bonds is 0. The standard InChI is InChI=1S/Cd.ClHO4.H2O/c;2-1(3,4)5;/h;(H,2,3,4,5);1H2. The van der Waals surface area contributed by atoms with Crippen LogP contribution >= 0.6 is 0 Å². The molecule has 0 aliphatic carbocycles. The molecule has 0 aromatic rings. The zero-order valence-corrected chi connectivity index (χ0v) is 8.05. The van der Waals surface area contributed by atoms with Gasteiger partial charge in [0.2, 0.25) is 0 Å². The maximum atomic E-state index is 8.60. The molecule has 0 aliphatic heterocycles. The van der Waals surface area contributed by atoms with Crippen LogP contribution in [0.2, 0.25) is 0 Å². The van der Waals surface area contributed by atoms with Crippen LogP contribution in [0.1, 0.15) is 0 Å². The summed E-state index contributed by atoms with van der Waals surface area (Å²) in [4.78, 5) is 0. The summed E-state index contributed by atoms with van der Waals surface area (Å²) in [7, 11) is -4.69. The van der Waals surface area contributed by atoms with Crippen LogP contribution in [0.4, 0.5) is 0 Å². The molecule has 0 aromatic heterocycles. The van der Waals surface area contributed by atoms with E-state index in [1.54, 1.807) is 0 Å². The molecule has 0 radical (unpaired) electrons. The number of hydrogen-bond acceptors (Lipinski definition) is 4. The van der Waals surface area contributed by atoms with Gasteiger partial charge in [-0.2, -0.15) is 14.0 Å². The van der Waals surface area contributed by atoms with Gasteiger partial charge in [0.1, 0.15) is 0 Å². The minimum Gasteiger partial charge on any atom is -0.412 e. The first-order valence-corrected chi connectivity index (χ1v) is 1.90. The van der Waals surface area contributed by atoms with E-state index in [0.717, 1.165) is 0 Å². The Morgan fingerprint density at radius 2 is 1.14 bits per heavy atom. The van der Waals surface area contributed by atoms with Gasteiger partial charge in [-0.15, -0.1) is 0 Å². The van der Waals surface area contributed by atoms with Gasteiger partial charge < -0.3 is 5.48 Å². The van der Waals surface area contributed by atoms with E-state index in [2.05, 4.69) is 0 Å². The monoisotopic (exact) mass is 232 g/mol. The van der Waals surface area contributed by atoms with E-state index in [1.807, 2.05) is 0 Å². The van der Waals surface area contributed by atoms with Crippen LogP contribution in [-0.4, -0.2) is 10.1 Å². The molecule has 7 heteroatoms. The van der Waals surface area contributed by atoms with E-state index in [1.165, 1.54) is 0 Å². The average molecular weight is 231 g/mol. The first-order valence-electron chi connectivity index (χ1n) is 0.632. The molecule has 0 unspecified atom stereocenters. The summed E-state index contributed by atoms with van der Waals surface area (Å²) in [5.41, 5.74) is 0. The predicted molar refractivity (Wildman–Crippen MR) is 5.83 cm³/mol. The molecule has 0 atom stereocenters. The van der Waals surface area contributed by atoms with Gasteiger partial charge in [-0.05, 0) is 0 Å². The van der Waals surface area contributed by atoms with E-state index in [-0.39, 0.29) is 32.8 Å². The molecular formula is H3CdClO5. The van der Waals surface area contributed by atoms with Crippen LogP contribution < -0.4 is 14.0 Å². The second-order valence-electron chi connectivity index (χ2n) is 0.396. The van der Waals surface area contributed by atoms with E-state index in [9.17, 15) is 0 Å². The minimum atomic E-state index is -4.69. The fourth-order valence-corrected chi connectivity index (χ4v) is 0. The molecule has 42 valence electrons. The Hall–Kier alpha value is 1.01. The van der Waals surface area contributed by atoms with Crippen molar-refractivity contribution in [1.82, 2.24) is 0 Å². The van der Waals surface area contributed by atoms with Crippen molar-refractivity contribution in [2.75, 3.05) is 0 Å². The summed E-state index contributed by atoms with van der Waals surface area (Å²) in [6, 6.07) is 0. The van der Waals surface area contributed by atoms with Gasteiger partial charge in [0.25, 0.3) is 0 Å². The van der Waals surface area contributed by atoms with Crippen molar-refractivity contribution in [3.05, 3.63) is 0 Å². The van der Waals surface area contributed by atoms with Crippen molar-refractivity contribution in [3.63, 3.8) is 0 Å². The van der Waals surface area contributed by atoms with Gasteiger partial charge >= 0.3 is 0 Å². The molecule has 0 aromatic carbocycles. The summed E-state index contributed by atoms with van der Waals surface area (Å²) in [5.74, 6) is 0. The normalized spacial score (nSPS) is 8.57. The van der Waals surface area contributed by atoms with Gasteiger partial charge in [0, 0.05) is 27.3 Å². The third-order valence-electron chi connectivity index (χ3n) is 0. The summed E-state index contributed by atoms with van der Waals surface area (Å²) >= 11 is 0. The van der Waals surface area contributed by atoms with Crippen molar-refractivity contribution in [2.24, 2.45) is 0 Å². The number of hydrogen-bond donors (Lipinski definition) is 1. The molecule has 0 saturated heterocycles. The van der Waals surface area contributed by atoms with Crippen LogP contribution in [0, 0.1) is 10.2 Å². The Kier molecular flexibility index (Phi) is 11.5. The van der Waals surface area contributed by atoms with Gasteiger partial charge in [0.05, 0.1) is 14.9 Å². The zero-order chi connectivity index (χ0) is 4.50. The smallest absolute Gasteiger partial charge is 0.0777 e. The molecule has 7 heavy (non-hydrogen) atoms. The summed E-state index contributed by atoms with van der Waals surface area (Å²) in [6.45, 7) is 0. The first-order chi connectivity index (χ1) is 2.00. The van der Waals surface area contributed by atoms with Crippen molar-refractivity contribution < 1.29 is 61.7 Å². The van der Waals surface area contributed by atoms with E-state index in [4.69, 9.17) is 18.6 Å². The quantitative estimate of drug-likeness (QED) is 0.419. The summed E-state index contributed by atoms with van der Waals surface area (Å²) in [5, 5.41) is 0. The molecule has 3 N–H and O–H groups in total. The average Bonchev–Trinajstić information content (AvgIpc) is 0.722. The van der Waals surface area contributed by atoms with Gasteiger partial charge in [-0.25, -0.2) is 0 Å². The molecule has 0 bridgehead atoms. The van der Waals surface area contributed by atoms with E-state index >= 15 is 0 Å². The van der Waals surface area contributed by atoms with Crippen LogP contribution in [0.3, 0.4) is 0 Å². The van der Waals surface area contributed by atoms with E-state index in [0.29, 0.717) is 0 Å². The molecule has 0 heterocycles. The predicted octanol–water partition coefficient (Wildman–Crippen LogP) is -4.95. The van der Waals surface area contributed by atoms with Crippen LogP contribution in [0.5, 0.6) is 0 Å². The fourth-order valence-electron chi connectivity index (χ4n) is 0. The van der Waals surface area contributed by atoms with Crippen molar-refractivity contribution in [2.45, 2.75) is 0 Å². The Morgan fingerprint density at radius 3 is 1.14 bits per heavy atom. The van der Waals surface area contributed by atoms with Crippen LogP contribution in [0.25, 0.3) is 0 Å². The summed E-state index contributed by atoms with van der Waals surface area (Å²) in [6.07, 6.45) is 0. The molecular weight excluding hydrogens is 228 g/mol. The Bertz CT molecular complexity index is 23.6. The molecule has 0 rings (SSSR count). The first kappa shape index (κ1) is 15.7. The third-order valence-corrected chi connectivity index (χ3v) is 0. The molecule has 0 spiro atoms. The second kappa shape index (κ2) is 5.15. The second-order valence-corrected chi connectivity index (χ2v) is 1.19. The Morgan fingerprint density at radius 1 is 1.14 bits per heavy atom. The fraction of sp³-hybridized carbons (Fsp3) is 0. The van der Waals surface area contributed by atoms with Gasteiger partial charge in [-0.3, -0.25) is 0 Å². The Balaban J connectivity index is -0.0000000800. The van der Waals surface area contributed by atoms with Crippen molar-refractivity contribution >= 4 is 0 Å². The zero-order valence-electron chi connectivity index (χ0n) is 3.26. The molecule has 5 nitrogen and oxygen atoms in total. The SMILES string of the molecule is O.[Cd].[O-][Cl+3]([O-])([O-])O. The Labute approximate surface area is 61.8 Å². The maximum Gasteiger partial charge on any atom is 0.0777 e. The molecule has 0 amide bonds.